The normalized spacial score (nSPS) is 11.4. The number of ether oxygens (including phenoxy) is 1. The van der Waals surface area contributed by atoms with Gasteiger partial charge in [0.1, 0.15) is 23.2 Å². The molecular weight excluding hydrogens is 381 g/mol. The van der Waals surface area contributed by atoms with Gasteiger partial charge in [-0.1, -0.05) is 12.1 Å². The lowest BCUT2D eigenvalue weighted by molar-refractivity contribution is 0.451. The van der Waals surface area contributed by atoms with Crippen LogP contribution in [-0.2, 0) is 16.6 Å². The Bertz CT molecular complexity index is 1050. The first-order valence-corrected chi connectivity index (χ1v) is 9.15. The predicted octanol–water partition coefficient (Wildman–Crippen LogP) is 3.77. The number of hydrogen-bond donors (Lipinski definition) is 1. The van der Waals surface area contributed by atoms with Crippen molar-refractivity contribution in [2.45, 2.75) is 11.4 Å². The van der Waals surface area contributed by atoms with E-state index in [0.717, 1.165) is 6.07 Å². The Morgan fingerprint density at radius 1 is 0.926 bits per heavy atom. The van der Waals surface area contributed by atoms with Gasteiger partial charge < -0.3 is 4.74 Å². The lowest BCUT2D eigenvalue weighted by Gasteiger charge is -2.11. The van der Waals surface area contributed by atoms with Crippen molar-refractivity contribution in [2.75, 3.05) is 0 Å². The smallest absolute Gasteiger partial charge is 0.241 e. The summed E-state index contributed by atoms with van der Waals surface area (Å²) >= 11 is 0. The highest BCUT2D eigenvalue weighted by molar-refractivity contribution is 7.89. The summed E-state index contributed by atoms with van der Waals surface area (Å²) < 4.78 is 72.1. The molecule has 9 heteroatoms. The molecule has 0 bridgehead atoms. The Balaban J connectivity index is 1.80. The Hall–Kier alpha value is -2.91. The highest BCUT2D eigenvalue weighted by Crippen LogP contribution is 2.24. The second kappa shape index (κ2) is 7.77. The standard InChI is InChI=1S/C18H13F3N2O3S/c19-13-4-1-5-16(8-13)26-18-12(3-2-6-22-18)11-23-27(24,25)17-9-14(20)7-15(21)10-17/h1-10,23H,11H2. The summed E-state index contributed by atoms with van der Waals surface area (Å²) in [6, 6.07) is 10.5. The molecule has 0 fully saturated rings. The van der Waals surface area contributed by atoms with Crippen molar-refractivity contribution in [1.29, 1.82) is 0 Å². The van der Waals surface area contributed by atoms with Crippen molar-refractivity contribution >= 4 is 10.0 Å². The van der Waals surface area contributed by atoms with Crippen molar-refractivity contribution in [3.8, 4) is 11.6 Å². The van der Waals surface area contributed by atoms with Crippen LogP contribution in [-0.4, -0.2) is 13.4 Å². The summed E-state index contributed by atoms with van der Waals surface area (Å²) in [5.74, 6) is -2.26. The number of halogens is 3. The van der Waals surface area contributed by atoms with Crippen LogP contribution in [0.5, 0.6) is 11.6 Å². The quantitative estimate of drug-likeness (QED) is 0.691. The molecule has 0 aliphatic rings. The first kappa shape index (κ1) is 18.9. The van der Waals surface area contributed by atoms with Gasteiger partial charge in [-0.2, -0.15) is 0 Å². The minimum atomic E-state index is -4.17. The zero-order valence-corrected chi connectivity index (χ0v) is 14.5. The minimum Gasteiger partial charge on any atom is -0.439 e. The predicted molar refractivity (Wildman–Crippen MR) is 91.1 cm³/mol. The molecule has 27 heavy (non-hydrogen) atoms. The third-order valence-corrected chi connectivity index (χ3v) is 4.84. The lowest BCUT2D eigenvalue weighted by atomic mass is 10.3. The van der Waals surface area contributed by atoms with Gasteiger partial charge in [0.15, 0.2) is 0 Å². The van der Waals surface area contributed by atoms with Gasteiger partial charge in [-0.05, 0) is 30.3 Å². The van der Waals surface area contributed by atoms with Gasteiger partial charge in [-0.15, -0.1) is 0 Å². The van der Waals surface area contributed by atoms with E-state index in [0.29, 0.717) is 23.8 Å². The number of hydrogen-bond acceptors (Lipinski definition) is 4. The van der Waals surface area contributed by atoms with E-state index in [1.54, 1.807) is 12.1 Å². The van der Waals surface area contributed by atoms with Crippen LogP contribution in [0.25, 0.3) is 0 Å². The van der Waals surface area contributed by atoms with Gasteiger partial charge in [0.05, 0.1) is 4.90 Å². The van der Waals surface area contributed by atoms with E-state index in [4.69, 9.17) is 4.74 Å². The molecule has 0 saturated carbocycles. The highest BCUT2D eigenvalue weighted by Gasteiger charge is 2.17. The van der Waals surface area contributed by atoms with Crippen molar-refractivity contribution in [3.05, 3.63) is 83.8 Å². The third kappa shape index (κ3) is 4.83. The van der Waals surface area contributed by atoms with Crippen LogP contribution in [0, 0.1) is 17.5 Å². The van der Waals surface area contributed by atoms with Crippen molar-refractivity contribution in [3.63, 3.8) is 0 Å². The fourth-order valence-corrected chi connectivity index (χ4v) is 3.28. The van der Waals surface area contributed by atoms with Crippen LogP contribution in [0.3, 0.4) is 0 Å². The number of nitrogens with zero attached hydrogens (tertiary/aromatic N) is 1. The molecule has 0 unspecified atom stereocenters. The molecular formula is C18H13F3N2O3S. The van der Waals surface area contributed by atoms with E-state index in [1.807, 2.05) is 0 Å². The van der Waals surface area contributed by atoms with Gasteiger partial charge in [0, 0.05) is 30.4 Å². The molecule has 0 radical (unpaired) electrons. The largest absolute Gasteiger partial charge is 0.439 e. The first-order valence-electron chi connectivity index (χ1n) is 7.66. The summed E-state index contributed by atoms with van der Waals surface area (Å²) in [7, 11) is -4.17. The fraction of sp³-hybridized carbons (Fsp3) is 0.0556. The minimum absolute atomic E-state index is 0.0659. The Labute approximate surface area is 153 Å². The monoisotopic (exact) mass is 394 g/mol. The number of pyridine rings is 1. The maximum atomic E-state index is 13.3. The molecule has 2 aromatic carbocycles. The molecule has 3 rings (SSSR count). The molecule has 0 aliphatic heterocycles. The van der Waals surface area contributed by atoms with Crippen LogP contribution in [0.15, 0.2) is 65.7 Å². The third-order valence-electron chi connectivity index (χ3n) is 3.46. The molecule has 1 N–H and O–H groups in total. The molecule has 140 valence electrons. The molecule has 0 spiro atoms. The van der Waals surface area contributed by atoms with Gasteiger partial charge >= 0.3 is 0 Å². The maximum Gasteiger partial charge on any atom is 0.241 e. The summed E-state index contributed by atoms with van der Waals surface area (Å²) in [5, 5.41) is 0. The van der Waals surface area contributed by atoms with Crippen LogP contribution in [0.1, 0.15) is 5.56 Å². The van der Waals surface area contributed by atoms with Crippen molar-refractivity contribution < 1.29 is 26.3 Å². The molecule has 0 amide bonds. The number of benzene rings is 2. The Morgan fingerprint density at radius 3 is 2.37 bits per heavy atom. The lowest BCUT2D eigenvalue weighted by Crippen LogP contribution is -2.24. The average Bonchev–Trinajstić information content (AvgIpc) is 2.60. The van der Waals surface area contributed by atoms with Crippen LogP contribution < -0.4 is 9.46 Å². The summed E-state index contributed by atoms with van der Waals surface area (Å²) in [5.41, 5.74) is 0.349. The van der Waals surface area contributed by atoms with Crippen molar-refractivity contribution in [2.24, 2.45) is 0 Å². The molecule has 1 heterocycles. The molecule has 5 nitrogen and oxygen atoms in total. The van der Waals surface area contributed by atoms with E-state index >= 15 is 0 Å². The summed E-state index contributed by atoms with van der Waals surface area (Å²) in [6.45, 7) is -0.251. The van der Waals surface area contributed by atoms with Crippen LogP contribution >= 0.6 is 0 Å². The molecule has 1 aromatic heterocycles. The molecule has 0 aliphatic carbocycles. The number of sulfonamides is 1. The Morgan fingerprint density at radius 2 is 1.67 bits per heavy atom. The number of nitrogens with one attached hydrogen (secondary N) is 1. The molecule has 3 aromatic rings. The van der Waals surface area contributed by atoms with E-state index in [1.165, 1.54) is 24.4 Å². The van der Waals surface area contributed by atoms with E-state index in [9.17, 15) is 21.6 Å². The second-order valence-corrected chi connectivity index (χ2v) is 7.22. The molecule has 0 atom stereocenters. The zero-order chi connectivity index (χ0) is 19.4. The molecule has 0 saturated heterocycles. The fourth-order valence-electron chi connectivity index (χ4n) is 2.23. The van der Waals surface area contributed by atoms with Crippen LogP contribution in [0.4, 0.5) is 13.2 Å². The average molecular weight is 394 g/mol. The van der Waals surface area contributed by atoms with Gasteiger partial charge in [0.25, 0.3) is 0 Å². The highest BCUT2D eigenvalue weighted by atomic mass is 32.2. The van der Waals surface area contributed by atoms with E-state index < -0.39 is 32.4 Å². The maximum absolute atomic E-state index is 13.3. The van der Waals surface area contributed by atoms with Gasteiger partial charge in [0.2, 0.25) is 15.9 Å². The summed E-state index contributed by atoms with van der Waals surface area (Å²) in [4.78, 5) is 3.46. The first-order chi connectivity index (χ1) is 12.8. The number of aromatic nitrogens is 1. The van der Waals surface area contributed by atoms with Gasteiger partial charge in [-0.25, -0.2) is 31.3 Å². The van der Waals surface area contributed by atoms with Crippen LogP contribution in [0.2, 0.25) is 0 Å². The topological polar surface area (TPSA) is 68.3 Å². The van der Waals surface area contributed by atoms with Gasteiger partial charge in [-0.3, -0.25) is 0 Å². The Kier molecular flexibility index (Phi) is 5.43. The van der Waals surface area contributed by atoms with E-state index in [2.05, 4.69) is 9.71 Å². The summed E-state index contributed by atoms with van der Waals surface area (Å²) in [6.07, 6.45) is 1.43. The zero-order valence-electron chi connectivity index (χ0n) is 13.7. The SMILES string of the molecule is O=S(=O)(NCc1cccnc1Oc1cccc(F)c1)c1cc(F)cc(F)c1. The number of rotatable bonds is 6. The van der Waals surface area contributed by atoms with Crippen molar-refractivity contribution in [1.82, 2.24) is 9.71 Å². The van der Waals surface area contributed by atoms with E-state index in [-0.39, 0.29) is 18.2 Å². The second-order valence-electron chi connectivity index (χ2n) is 5.46.